The molecule has 1 spiro atoms. The lowest BCUT2D eigenvalue weighted by Crippen LogP contribution is -2.35. The number of hydrogen-bond donors (Lipinski definition) is 0. The number of rotatable bonds is 2. The van der Waals surface area contributed by atoms with Gasteiger partial charge >= 0.3 is 0 Å². The quantitative estimate of drug-likeness (QED) is 0.785. The Bertz CT molecular complexity index is 685. The Morgan fingerprint density at radius 2 is 2.05 bits per heavy atom. The molecular weight excluding hydrogens is 298 g/mol. The average molecular weight is 312 g/mol. The Kier molecular flexibility index (Phi) is 2.61. The molecule has 0 radical (unpaired) electrons. The first-order valence-corrected chi connectivity index (χ1v) is 8.44. The number of benzene rings is 1. The van der Waals surface area contributed by atoms with E-state index in [4.69, 9.17) is 16.3 Å². The summed E-state index contributed by atoms with van der Waals surface area (Å²) in [5.74, 6) is 0.277. The summed E-state index contributed by atoms with van der Waals surface area (Å²) in [4.78, 5) is 0.289. The molecule has 3 aliphatic heterocycles. The van der Waals surface area contributed by atoms with Crippen molar-refractivity contribution in [2.24, 2.45) is 5.92 Å². The zero-order valence-electron chi connectivity index (χ0n) is 10.7. The molecule has 1 aromatic rings. The number of ether oxygens (including phenoxy) is 1. The summed E-state index contributed by atoms with van der Waals surface area (Å²) in [7, 11) is -3.47. The molecule has 0 aromatic heterocycles. The summed E-state index contributed by atoms with van der Waals surface area (Å²) in [5.41, 5.74) is -0.385. The van der Waals surface area contributed by atoms with Crippen LogP contribution in [0, 0.1) is 5.92 Å². The number of fused-ring (bicyclic) bond motifs is 1. The second kappa shape index (κ2) is 4.07. The molecule has 0 aliphatic carbocycles. The maximum absolute atomic E-state index is 12.7. The van der Waals surface area contributed by atoms with Crippen molar-refractivity contribution in [2.45, 2.75) is 23.0 Å². The third-order valence-electron chi connectivity index (χ3n) is 4.47. The number of hydrogen-bond acceptors (Lipinski definition) is 3. The van der Waals surface area contributed by atoms with Crippen molar-refractivity contribution in [2.75, 3.05) is 13.1 Å². The molecule has 2 bridgehead atoms. The summed E-state index contributed by atoms with van der Waals surface area (Å²) in [5, 5.41) is 0.533. The topological polar surface area (TPSA) is 46.6 Å². The molecule has 1 aromatic carbocycles. The fourth-order valence-corrected chi connectivity index (χ4v) is 5.09. The zero-order chi connectivity index (χ0) is 14.0. The highest BCUT2D eigenvalue weighted by Gasteiger charge is 2.57. The molecule has 6 heteroatoms. The molecule has 106 valence electrons. The number of sulfonamides is 1. The van der Waals surface area contributed by atoms with Crippen LogP contribution in [0.1, 0.15) is 6.42 Å². The molecule has 0 unspecified atom stereocenters. The van der Waals surface area contributed by atoms with Crippen molar-refractivity contribution in [3.8, 4) is 0 Å². The molecule has 2 saturated heterocycles. The number of halogens is 1. The van der Waals surface area contributed by atoms with Gasteiger partial charge in [-0.2, -0.15) is 4.31 Å². The third-order valence-corrected chi connectivity index (χ3v) is 6.55. The maximum atomic E-state index is 12.7. The Morgan fingerprint density at radius 1 is 1.30 bits per heavy atom. The van der Waals surface area contributed by atoms with Gasteiger partial charge in [-0.1, -0.05) is 23.8 Å². The van der Waals surface area contributed by atoms with Crippen LogP contribution in [-0.4, -0.2) is 37.5 Å². The third kappa shape index (κ3) is 1.70. The molecule has 0 amide bonds. The van der Waals surface area contributed by atoms with Crippen molar-refractivity contribution in [3.63, 3.8) is 0 Å². The standard InChI is InChI=1S/C14H14ClNO3S/c15-11-1-3-13(4-2-11)20(17,18)16-8-10-7-12-5-6-14(10,9-16)19-12/h1-6,10,12H,7-9H2/t10-,12-,14+/m1/s1. The van der Waals surface area contributed by atoms with E-state index in [1.54, 1.807) is 24.3 Å². The monoisotopic (exact) mass is 311 g/mol. The smallest absolute Gasteiger partial charge is 0.243 e. The fourth-order valence-electron chi connectivity index (χ4n) is 3.44. The van der Waals surface area contributed by atoms with Crippen molar-refractivity contribution in [3.05, 3.63) is 41.4 Å². The highest BCUT2D eigenvalue weighted by Crippen LogP contribution is 2.48. The van der Waals surface area contributed by atoms with Gasteiger partial charge in [-0.05, 0) is 30.7 Å². The number of nitrogens with zero attached hydrogens (tertiary/aromatic N) is 1. The largest absolute Gasteiger partial charge is 0.362 e. The second-order valence-corrected chi connectivity index (χ2v) is 8.03. The molecule has 20 heavy (non-hydrogen) atoms. The lowest BCUT2D eigenvalue weighted by atomic mass is 9.86. The van der Waals surface area contributed by atoms with Crippen LogP contribution in [0.5, 0.6) is 0 Å². The van der Waals surface area contributed by atoms with Gasteiger partial charge in [-0.25, -0.2) is 8.42 Å². The lowest BCUT2D eigenvalue weighted by molar-refractivity contribution is 0.0291. The first-order chi connectivity index (χ1) is 9.49. The van der Waals surface area contributed by atoms with Crippen LogP contribution in [0.3, 0.4) is 0 Å². The molecule has 2 fully saturated rings. The Labute approximate surface area is 123 Å². The second-order valence-electron chi connectivity index (χ2n) is 5.65. The van der Waals surface area contributed by atoms with Gasteiger partial charge in [-0.3, -0.25) is 0 Å². The molecule has 0 saturated carbocycles. The Balaban J connectivity index is 1.66. The van der Waals surface area contributed by atoms with Crippen LogP contribution in [-0.2, 0) is 14.8 Å². The van der Waals surface area contributed by atoms with E-state index in [1.165, 1.54) is 4.31 Å². The van der Waals surface area contributed by atoms with Gasteiger partial charge in [0, 0.05) is 24.0 Å². The van der Waals surface area contributed by atoms with Crippen LogP contribution in [0.15, 0.2) is 41.3 Å². The van der Waals surface area contributed by atoms with E-state index >= 15 is 0 Å². The fraction of sp³-hybridized carbons (Fsp3) is 0.429. The van der Waals surface area contributed by atoms with Crippen molar-refractivity contribution >= 4 is 21.6 Å². The summed E-state index contributed by atoms with van der Waals surface area (Å²) < 4.78 is 32.8. The summed E-state index contributed by atoms with van der Waals surface area (Å²) in [6, 6.07) is 6.31. The van der Waals surface area contributed by atoms with Gasteiger partial charge in [0.05, 0.1) is 11.0 Å². The predicted molar refractivity (Wildman–Crippen MR) is 75.1 cm³/mol. The van der Waals surface area contributed by atoms with Crippen LogP contribution in [0.2, 0.25) is 5.02 Å². The molecule has 3 atom stereocenters. The van der Waals surface area contributed by atoms with Crippen LogP contribution in [0.4, 0.5) is 0 Å². The van der Waals surface area contributed by atoms with E-state index in [2.05, 4.69) is 6.08 Å². The van der Waals surface area contributed by atoms with Gasteiger partial charge in [0.1, 0.15) is 5.60 Å². The minimum atomic E-state index is -3.47. The highest BCUT2D eigenvalue weighted by atomic mass is 35.5. The van der Waals surface area contributed by atoms with E-state index < -0.39 is 10.0 Å². The van der Waals surface area contributed by atoms with E-state index in [9.17, 15) is 8.42 Å². The Hall–Kier alpha value is -0.880. The van der Waals surface area contributed by atoms with E-state index in [1.807, 2.05) is 6.08 Å². The van der Waals surface area contributed by atoms with Crippen LogP contribution >= 0.6 is 11.6 Å². The highest BCUT2D eigenvalue weighted by molar-refractivity contribution is 7.89. The van der Waals surface area contributed by atoms with Gasteiger partial charge in [-0.15, -0.1) is 0 Å². The normalized spacial score (nSPS) is 35.6. The zero-order valence-corrected chi connectivity index (χ0v) is 12.3. The van der Waals surface area contributed by atoms with Crippen LogP contribution < -0.4 is 0 Å². The van der Waals surface area contributed by atoms with Gasteiger partial charge in [0.2, 0.25) is 10.0 Å². The summed E-state index contributed by atoms with van der Waals surface area (Å²) >= 11 is 5.81. The first kappa shape index (κ1) is 12.8. The average Bonchev–Trinajstić information content (AvgIpc) is 3.05. The van der Waals surface area contributed by atoms with E-state index in [0.717, 1.165) is 6.42 Å². The van der Waals surface area contributed by atoms with E-state index in [-0.39, 0.29) is 22.5 Å². The maximum Gasteiger partial charge on any atom is 0.243 e. The molecule has 4 nitrogen and oxygen atoms in total. The Morgan fingerprint density at radius 3 is 2.70 bits per heavy atom. The molecule has 4 rings (SSSR count). The lowest BCUT2D eigenvalue weighted by Gasteiger charge is -2.22. The molecule has 3 aliphatic rings. The minimum Gasteiger partial charge on any atom is -0.362 e. The van der Waals surface area contributed by atoms with Crippen molar-refractivity contribution in [1.82, 2.24) is 4.31 Å². The molecule has 3 heterocycles. The molecule has 0 N–H and O–H groups in total. The predicted octanol–water partition coefficient (Wildman–Crippen LogP) is 2.06. The van der Waals surface area contributed by atoms with Gasteiger partial charge < -0.3 is 4.74 Å². The van der Waals surface area contributed by atoms with Crippen LogP contribution in [0.25, 0.3) is 0 Å². The molecular formula is C14H14ClNO3S. The summed E-state index contributed by atoms with van der Waals surface area (Å²) in [6.07, 6.45) is 5.20. The summed E-state index contributed by atoms with van der Waals surface area (Å²) in [6.45, 7) is 0.946. The SMILES string of the molecule is O=S(=O)(c1ccc(Cl)cc1)N1C[C@H]2C[C@H]3C=C[C@@]2(C1)O3. The van der Waals surface area contributed by atoms with Crippen molar-refractivity contribution in [1.29, 1.82) is 0 Å². The van der Waals surface area contributed by atoms with Crippen molar-refractivity contribution < 1.29 is 13.2 Å². The first-order valence-electron chi connectivity index (χ1n) is 6.62. The van der Waals surface area contributed by atoms with E-state index in [0.29, 0.717) is 18.1 Å². The van der Waals surface area contributed by atoms with Gasteiger partial charge in [0.25, 0.3) is 0 Å². The van der Waals surface area contributed by atoms with Gasteiger partial charge in [0.15, 0.2) is 0 Å². The minimum absolute atomic E-state index is 0.181.